The molecule has 2 aromatic carbocycles. The van der Waals surface area contributed by atoms with Crippen LogP contribution >= 0.6 is 0 Å². The molecular formula is C25H27N3O5S. The van der Waals surface area contributed by atoms with Crippen LogP contribution in [0.25, 0.3) is 10.9 Å². The van der Waals surface area contributed by atoms with E-state index in [0.717, 1.165) is 29.4 Å². The number of aromatic nitrogens is 1. The molecule has 3 aromatic rings. The van der Waals surface area contributed by atoms with Gasteiger partial charge in [0.25, 0.3) is 5.91 Å². The van der Waals surface area contributed by atoms with Crippen molar-refractivity contribution >= 4 is 26.8 Å². The zero-order chi connectivity index (χ0) is 23.9. The SMILES string of the molecule is COc1ccc(OC)c(S(=O)(=O)N2CCN(C(=O)c3cc(C4CC4)nc4ccccc34)CC2)c1. The first-order valence-corrected chi connectivity index (χ1v) is 12.8. The molecule has 178 valence electrons. The average Bonchev–Trinajstić information content (AvgIpc) is 3.73. The molecule has 0 spiro atoms. The highest BCUT2D eigenvalue weighted by molar-refractivity contribution is 7.89. The number of hydrogen-bond donors (Lipinski definition) is 0. The van der Waals surface area contributed by atoms with E-state index in [4.69, 9.17) is 14.5 Å². The van der Waals surface area contributed by atoms with Crippen molar-refractivity contribution in [1.29, 1.82) is 0 Å². The van der Waals surface area contributed by atoms with Crippen LogP contribution in [0.4, 0.5) is 0 Å². The molecule has 1 aliphatic heterocycles. The zero-order valence-electron chi connectivity index (χ0n) is 19.2. The molecule has 0 bridgehead atoms. The predicted molar refractivity (Wildman–Crippen MR) is 128 cm³/mol. The van der Waals surface area contributed by atoms with Gasteiger partial charge in [-0.1, -0.05) is 18.2 Å². The average molecular weight is 482 g/mol. The number of fused-ring (bicyclic) bond motifs is 1. The van der Waals surface area contributed by atoms with E-state index in [0.29, 0.717) is 30.3 Å². The van der Waals surface area contributed by atoms with Gasteiger partial charge in [0.1, 0.15) is 16.4 Å². The predicted octanol–water partition coefficient (Wildman–Crippen LogP) is 3.28. The molecule has 34 heavy (non-hydrogen) atoms. The van der Waals surface area contributed by atoms with E-state index < -0.39 is 10.0 Å². The van der Waals surface area contributed by atoms with E-state index >= 15 is 0 Å². The van der Waals surface area contributed by atoms with Gasteiger partial charge in [0, 0.05) is 49.2 Å². The van der Waals surface area contributed by atoms with Crippen molar-refractivity contribution in [3.63, 3.8) is 0 Å². The maximum absolute atomic E-state index is 13.5. The van der Waals surface area contributed by atoms with Crippen molar-refractivity contribution in [2.75, 3.05) is 40.4 Å². The third kappa shape index (κ3) is 4.10. The minimum Gasteiger partial charge on any atom is -0.497 e. The van der Waals surface area contributed by atoms with Gasteiger partial charge in [-0.05, 0) is 37.1 Å². The van der Waals surface area contributed by atoms with E-state index in [2.05, 4.69) is 0 Å². The van der Waals surface area contributed by atoms with Gasteiger partial charge in [-0.3, -0.25) is 9.78 Å². The molecule has 1 aliphatic carbocycles. The summed E-state index contributed by atoms with van der Waals surface area (Å²) in [6, 6.07) is 14.3. The second kappa shape index (κ2) is 8.88. The van der Waals surface area contributed by atoms with Crippen molar-refractivity contribution in [1.82, 2.24) is 14.2 Å². The zero-order valence-corrected chi connectivity index (χ0v) is 20.0. The lowest BCUT2D eigenvalue weighted by Crippen LogP contribution is -2.50. The standard InChI is InChI=1S/C25H27N3O5S/c1-32-18-9-10-23(33-2)24(15-18)34(30,31)28-13-11-27(12-14-28)25(29)20-16-22(17-7-8-17)26-21-6-4-3-5-19(20)21/h3-6,9-10,15-17H,7-8,11-14H2,1-2H3. The largest absolute Gasteiger partial charge is 0.497 e. The fourth-order valence-corrected chi connectivity index (χ4v) is 5.98. The Kier molecular flexibility index (Phi) is 5.91. The van der Waals surface area contributed by atoms with Crippen molar-refractivity contribution in [2.45, 2.75) is 23.7 Å². The fourth-order valence-electron chi connectivity index (χ4n) is 4.39. The Morgan fingerprint density at radius 3 is 2.38 bits per heavy atom. The second-order valence-corrected chi connectivity index (χ2v) is 10.5. The summed E-state index contributed by atoms with van der Waals surface area (Å²) in [5, 5.41) is 0.827. The second-order valence-electron chi connectivity index (χ2n) is 8.60. The molecule has 1 aromatic heterocycles. The highest BCUT2D eigenvalue weighted by Gasteiger charge is 2.34. The van der Waals surface area contributed by atoms with Crippen molar-refractivity contribution < 1.29 is 22.7 Å². The van der Waals surface area contributed by atoms with Crippen LogP contribution in [0.1, 0.15) is 34.8 Å². The molecule has 0 atom stereocenters. The van der Waals surface area contributed by atoms with E-state index in [9.17, 15) is 13.2 Å². The molecule has 2 fully saturated rings. The third-order valence-corrected chi connectivity index (χ3v) is 8.40. The van der Waals surface area contributed by atoms with Gasteiger partial charge in [-0.15, -0.1) is 0 Å². The third-order valence-electron chi connectivity index (χ3n) is 6.48. The molecule has 2 heterocycles. The first-order chi connectivity index (χ1) is 16.4. The molecule has 1 amide bonds. The number of ether oxygens (including phenoxy) is 2. The Morgan fingerprint density at radius 1 is 0.971 bits per heavy atom. The number of amides is 1. The lowest BCUT2D eigenvalue weighted by Gasteiger charge is -2.34. The van der Waals surface area contributed by atoms with Gasteiger partial charge in [-0.2, -0.15) is 4.31 Å². The summed E-state index contributed by atoms with van der Waals surface area (Å²) in [5.41, 5.74) is 2.42. The summed E-state index contributed by atoms with van der Waals surface area (Å²) in [7, 11) is -0.892. The van der Waals surface area contributed by atoms with Crippen LogP contribution in [-0.4, -0.2) is 68.9 Å². The fraction of sp³-hybridized carbons (Fsp3) is 0.360. The molecule has 9 heteroatoms. The van der Waals surface area contributed by atoms with Crippen LogP contribution in [0.3, 0.4) is 0 Å². The maximum atomic E-state index is 13.5. The summed E-state index contributed by atoms with van der Waals surface area (Å²) in [6.07, 6.45) is 2.20. The van der Waals surface area contributed by atoms with Gasteiger partial charge in [0.2, 0.25) is 10.0 Å². The Morgan fingerprint density at radius 2 is 1.71 bits per heavy atom. The van der Waals surface area contributed by atoms with Crippen LogP contribution < -0.4 is 9.47 Å². The first-order valence-electron chi connectivity index (χ1n) is 11.3. The number of hydrogen-bond acceptors (Lipinski definition) is 6. The van der Waals surface area contributed by atoms with Crippen molar-refractivity contribution in [3.8, 4) is 11.5 Å². The number of pyridine rings is 1. The number of carbonyl (C=O) groups excluding carboxylic acids is 1. The van der Waals surface area contributed by atoms with Crippen molar-refractivity contribution in [3.05, 3.63) is 59.8 Å². The number of para-hydroxylation sites is 1. The topological polar surface area (TPSA) is 89.0 Å². The lowest BCUT2D eigenvalue weighted by atomic mass is 10.0. The quantitative estimate of drug-likeness (QED) is 0.537. The molecule has 5 rings (SSSR count). The molecule has 2 aliphatic rings. The highest BCUT2D eigenvalue weighted by Crippen LogP contribution is 2.40. The summed E-state index contributed by atoms with van der Waals surface area (Å²) in [4.78, 5) is 20.1. The first kappa shape index (κ1) is 22.6. The Balaban J connectivity index is 1.38. The van der Waals surface area contributed by atoms with Crippen LogP contribution in [0, 0.1) is 0 Å². The van der Waals surface area contributed by atoms with Gasteiger partial charge in [0.15, 0.2) is 0 Å². The normalized spacial score (nSPS) is 17.1. The van der Waals surface area contributed by atoms with Crippen LogP contribution in [0.15, 0.2) is 53.4 Å². The molecule has 0 radical (unpaired) electrons. The van der Waals surface area contributed by atoms with E-state index in [1.807, 2.05) is 30.3 Å². The molecule has 0 unspecified atom stereocenters. The number of rotatable bonds is 6. The number of nitrogens with zero attached hydrogens (tertiary/aromatic N) is 3. The summed E-state index contributed by atoms with van der Waals surface area (Å²) >= 11 is 0. The Hall–Kier alpha value is -3.17. The van der Waals surface area contributed by atoms with Crippen LogP contribution in [0.2, 0.25) is 0 Å². The van der Waals surface area contributed by atoms with E-state index in [1.54, 1.807) is 17.0 Å². The van der Waals surface area contributed by atoms with Gasteiger partial charge >= 0.3 is 0 Å². The van der Waals surface area contributed by atoms with E-state index in [-0.39, 0.29) is 29.6 Å². The van der Waals surface area contributed by atoms with Crippen LogP contribution in [0.5, 0.6) is 11.5 Å². The molecule has 1 saturated heterocycles. The monoisotopic (exact) mass is 481 g/mol. The number of carbonyl (C=O) groups is 1. The Labute approximate surface area is 199 Å². The van der Waals surface area contributed by atoms with Crippen LogP contribution in [-0.2, 0) is 10.0 Å². The summed E-state index contributed by atoms with van der Waals surface area (Å²) in [6.45, 7) is 1.01. The minimum atomic E-state index is -3.82. The molecule has 8 nitrogen and oxygen atoms in total. The van der Waals surface area contributed by atoms with E-state index in [1.165, 1.54) is 24.6 Å². The highest BCUT2D eigenvalue weighted by atomic mass is 32.2. The number of methoxy groups -OCH3 is 2. The molecular weight excluding hydrogens is 454 g/mol. The minimum absolute atomic E-state index is 0.0586. The number of sulfonamides is 1. The molecule has 0 N–H and O–H groups in total. The van der Waals surface area contributed by atoms with Gasteiger partial charge in [0.05, 0.1) is 25.3 Å². The van der Waals surface area contributed by atoms with Gasteiger partial charge < -0.3 is 14.4 Å². The van der Waals surface area contributed by atoms with Gasteiger partial charge in [-0.25, -0.2) is 8.42 Å². The summed E-state index contributed by atoms with van der Waals surface area (Å²) in [5.74, 6) is 1.03. The lowest BCUT2D eigenvalue weighted by molar-refractivity contribution is 0.0699. The Bertz CT molecular complexity index is 1350. The number of piperazine rings is 1. The smallest absolute Gasteiger partial charge is 0.254 e. The maximum Gasteiger partial charge on any atom is 0.254 e. The summed E-state index contributed by atoms with van der Waals surface area (Å²) < 4.78 is 38.6. The van der Waals surface area contributed by atoms with Crippen molar-refractivity contribution in [2.24, 2.45) is 0 Å². The molecule has 1 saturated carbocycles. The number of benzene rings is 2.